The summed E-state index contributed by atoms with van der Waals surface area (Å²) in [4.78, 5) is 10.7. The topological polar surface area (TPSA) is 52.9 Å². The van der Waals surface area contributed by atoms with Gasteiger partial charge in [0.05, 0.1) is 23.2 Å². The third kappa shape index (κ3) is 3.47. The Balaban J connectivity index is 2.48. The van der Waals surface area contributed by atoms with Gasteiger partial charge < -0.3 is 4.79 Å². The Morgan fingerprint density at radius 1 is 1.22 bits per heavy atom. The molecule has 1 fully saturated rings. The largest absolute Gasteiger partial charge is 0.417 e. The van der Waals surface area contributed by atoms with E-state index in [2.05, 4.69) is 5.32 Å². The first-order valence-electron chi connectivity index (χ1n) is 6.47. The Labute approximate surface area is 126 Å². The van der Waals surface area contributed by atoms with Crippen molar-refractivity contribution in [2.75, 3.05) is 0 Å². The van der Waals surface area contributed by atoms with E-state index in [1.807, 2.05) is 0 Å². The molecule has 0 bridgehead atoms. The van der Waals surface area contributed by atoms with Gasteiger partial charge in [-0.05, 0) is 24.1 Å². The molecule has 0 aliphatic carbocycles. The van der Waals surface area contributed by atoms with Gasteiger partial charge in [0.2, 0.25) is 0 Å². The zero-order valence-electron chi connectivity index (χ0n) is 11.4. The molecule has 3 atom stereocenters. The molecule has 9 heteroatoms. The zero-order chi connectivity index (χ0) is 17.4. The van der Waals surface area contributed by atoms with Crippen molar-refractivity contribution in [2.24, 2.45) is 0 Å². The van der Waals surface area contributed by atoms with Crippen molar-refractivity contribution in [2.45, 2.75) is 36.8 Å². The number of carbonyl (C=O) groups is 1. The molecule has 1 heterocycles. The van der Waals surface area contributed by atoms with Crippen molar-refractivity contribution in [3.8, 4) is 6.07 Å². The normalized spacial score (nSPS) is 25.2. The number of aldehydes is 1. The van der Waals surface area contributed by atoms with Gasteiger partial charge in [0.1, 0.15) is 12.3 Å². The van der Waals surface area contributed by atoms with E-state index in [4.69, 9.17) is 5.26 Å². The van der Waals surface area contributed by atoms with Crippen molar-refractivity contribution in [3.63, 3.8) is 0 Å². The van der Waals surface area contributed by atoms with Gasteiger partial charge in [-0.2, -0.15) is 31.6 Å². The standard InChI is InChI=1S/C14H10F6N2O/c15-13(16,17)11-3-7(1-2-8(11)5-21)10-4-9(6-23)22-12(10)14(18,19)20/h1-3,6,9-10,12,22H,4H2/t9-,10?,12+/m1/s1. The third-order valence-corrected chi connectivity index (χ3v) is 3.72. The predicted molar refractivity (Wildman–Crippen MR) is 66.3 cm³/mol. The number of halogens is 6. The van der Waals surface area contributed by atoms with Gasteiger partial charge in [-0.3, -0.25) is 5.32 Å². The molecule has 1 aromatic rings. The van der Waals surface area contributed by atoms with Crippen LogP contribution in [0.25, 0.3) is 0 Å². The van der Waals surface area contributed by atoms with Gasteiger partial charge in [-0.15, -0.1) is 0 Å². The molecule has 3 nitrogen and oxygen atoms in total. The van der Waals surface area contributed by atoms with Gasteiger partial charge in [-0.25, -0.2) is 0 Å². The van der Waals surface area contributed by atoms with Crippen LogP contribution in [0.5, 0.6) is 0 Å². The number of nitrogens with one attached hydrogen (secondary N) is 1. The van der Waals surface area contributed by atoms with Crippen molar-refractivity contribution < 1.29 is 31.1 Å². The molecular formula is C14H10F6N2O. The second kappa shape index (κ2) is 5.85. The minimum Gasteiger partial charge on any atom is -0.302 e. The molecule has 124 valence electrons. The first-order valence-corrected chi connectivity index (χ1v) is 6.47. The lowest BCUT2D eigenvalue weighted by Crippen LogP contribution is -2.43. The summed E-state index contributed by atoms with van der Waals surface area (Å²) in [5, 5.41) is 10.8. The van der Waals surface area contributed by atoms with Gasteiger partial charge in [-0.1, -0.05) is 6.07 Å². The Morgan fingerprint density at radius 2 is 1.87 bits per heavy atom. The van der Waals surface area contributed by atoms with Gasteiger partial charge in [0.15, 0.2) is 0 Å². The smallest absolute Gasteiger partial charge is 0.302 e. The summed E-state index contributed by atoms with van der Waals surface area (Å²) in [6.07, 6.45) is -9.54. The fourth-order valence-electron chi connectivity index (χ4n) is 2.70. The van der Waals surface area contributed by atoms with E-state index in [-0.39, 0.29) is 12.0 Å². The van der Waals surface area contributed by atoms with Crippen LogP contribution in [0.3, 0.4) is 0 Å². The van der Waals surface area contributed by atoms with Crippen LogP contribution in [-0.4, -0.2) is 24.5 Å². The van der Waals surface area contributed by atoms with Gasteiger partial charge in [0.25, 0.3) is 0 Å². The van der Waals surface area contributed by atoms with Crippen LogP contribution in [0.1, 0.15) is 29.0 Å². The summed E-state index contributed by atoms with van der Waals surface area (Å²) in [6.45, 7) is 0. The number of alkyl halides is 6. The van der Waals surface area contributed by atoms with Crippen LogP contribution in [0.4, 0.5) is 26.3 Å². The maximum Gasteiger partial charge on any atom is 0.417 e. The minimum absolute atomic E-state index is 0.212. The van der Waals surface area contributed by atoms with Gasteiger partial charge >= 0.3 is 12.4 Å². The average Bonchev–Trinajstić information content (AvgIpc) is 2.90. The van der Waals surface area contributed by atoms with E-state index in [1.165, 1.54) is 6.07 Å². The highest BCUT2D eigenvalue weighted by atomic mass is 19.4. The van der Waals surface area contributed by atoms with Gasteiger partial charge in [0, 0.05) is 5.92 Å². The molecule has 1 aromatic carbocycles. The molecule has 0 spiro atoms. The van der Waals surface area contributed by atoms with Crippen LogP contribution in [-0.2, 0) is 11.0 Å². The molecule has 1 N–H and O–H groups in total. The van der Waals surface area contributed by atoms with E-state index in [9.17, 15) is 31.1 Å². The Bertz CT molecular complexity index is 646. The fourth-order valence-corrected chi connectivity index (χ4v) is 2.70. The number of nitrogens with zero attached hydrogens (tertiary/aromatic N) is 1. The monoisotopic (exact) mass is 336 g/mol. The van der Waals surface area contributed by atoms with Crippen molar-refractivity contribution >= 4 is 6.29 Å². The van der Waals surface area contributed by atoms with Crippen LogP contribution >= 0.6 is 0 Å². The van der Waals surface area contributed by atoms with Crippen LogP contribution in [0, 0.1) is 11.3 Å². The number of benzene rings is 1. The molecule has 0 aromatic heterocycles. The Morgan fingerprint density at radius 3 is 2.35 bits per heavy atom. The maximum atomic E-state index is 13.0. The first kappa shape index (κ1) is 17.3. The minimum atomic E-state index is -4.86. The molecule has 1 saturated heterocycles. The predicted octanol–water partition coefficient (Wildman–Crippen LogP) is 3.15. The summed E-state index contributed by atoms with van der Waals surface area (Å²) in [6, 6.07) is 0.623. The number of hydrogen-bond acceptors (Lipinski definition) is 3. The maximum absolute atomic E-state index is 13.0. The lowest BCUT2D eigenvalue weighted by atomic mass is 9.88. The summed E-state index contributed by atoms with van der Waals surface area (Å²) in [7, 11) is 0. The molecule has 0 amide bonds. The second-order valence-corrected chi connectivity index (χ2v) is 5.19. The molecule has 1 aliphatic heterocycles. The molecule has 0 saturated carbocycles. The third-order valence-electron chi connectivity index (χ3n) is 3.72. The zero-order valence-corrected chi connectivity index (χ0v) is 11.4. The SMILES string of the molecule is N#Cc1ccc(C2C[C@H](C=O)N[C@@H]2C(F)(F)F)cc1C(F)(F)F. The number of nitriles is 1. The van der Waals surface area contributed by atoms with Crippen LogP contribution in [0.2, 0.25) is 0 Å². The summed E-state index contributed by atoms with van der Waals surface area (Å²) < 4.78 is 77.9. The Kier molecular flexibility index (Phi) is 4.39. The number of hydrogen-bond donors (Lipinski definition) is 1. The van der Waals surface area contributed by atoms with E-state index in [0.717, 1.165) is 12.1 Å². The Hall–Kier alpha value is -2.08. The van der Waals surface area contributed by atoms with Crippen LogP contribution < -0.4 is 5.32 Å². The van der Waals surface area contributed by atoms with Crippen molar-refractivity contribution in [3.05, 3.63) is 34.9 Å². The highest BCUT2D eigenvalue weighted by Gasteiger charge is 2.50. The van der Waals surface area contributed by atoms with E-state index in [0.29, 0.717) is 12.4 Å². The summed E-state index contributed by atoms with van der Waals surface area (Å²) in [5.74, 6) is -1.33. The summed E-state index contributed by atoms with van der Waals surface area (Å²) in [5.41, 5.74) is -2.16. The quantitative estimate of drug-likeness (QED) is 0.667. The van der Waals surface area contributed by atoms with Crippen molar-refractivity contribution in [1.82, 2.24) is 5.32 Å². The lowest BCUT2D eigenvalue weighted by Gasteiger charge is -2.23. The highest BCUT2D eigenvalue weighted by molar-refractivity contribution is 5.59. The molecule has 1 aliphatic rings. The highest BCUT2D eigenvalue weighted by Crippen LogP contribution is 2.41. The molecular weight excluding hydrogens is 326 g/mol. The lowest BCUT2D eigenvalue weighted by molar-refractivity contribution is -0.156. The molecule has 23 heavy (non-hydrogen) atoms. The summed E-state index contributed by atoms with van der Waals surface area (Å²) >= 11 is 0. The fraction of sp³-hybridized carbons (Fsp3) is 0.429. The van der Waals surface area contributed by atoms with E-state index < -0.39 is 41.5 Å². The number of rotatable bonds is 2. The first-order chi connectivity index (χ1) is 10.6. The second-order valence-electron chi connectivity index (χ2n) is 5.19. The van der Waals surface area contributed by atoms with Crippen LogP contribution in [0.15, 0.2) is 18.2 Å². The molecule has 0 radical (unpaired) electrons. The van der Waals surface area contributed by atoms with Crippen molar-refractivity contribution in [1.29, 1.82) is 5.26 Å². The number of carbonyl (C=O) groups excluding carboxylic acids is 1. The van der Waals surface area contributed by atoms with E-state index in [1.54, 1.807) is 0 Å². The van der Waals surface area contributed by atoms with E-state index >= 15 is 0 Å². The average molecular weight is 336 g/mol. The molecule has 1 unspecified atom stereocenters. The molecule has 2 rings (SSSR count).